The molecular formula is C19H11FN4O5S. The molecule has 0 saturated carbocycles. The summed E-state index contributed by atoms with van der Waals surface area (Å²) in [6.07, 6.45) is 0. The number of nitro groups is 1. The second-order valence-electron chi connectivity index (χ2n) is 6.25. The fourth-order valence-electron chi connectivity index (χ4n) is 3.03. The number of hydrogen-bond donors (Lipinski definition) is 1. The molecule has 2 heterocycles. The van der Waals surface area contributed by atoms with Crippen LogP contribution in [0.25, 0.3) is 11.3 Å². The average molecular weight is 426 g/mol. The number of carbonyl (C=O) groups is 3. The fourth-order valence-corrected chi connectivity index (χ4v) is 3.76. The van der Waals surface area contributed by atoms with E-state index in [9.17, 15) is 28.9 Å². The maximum atomic E-state index is 13.4. The van der Waals surface area contributed by atoms with Gasteiger partial charge in [-0.25, -0.2) is 9.37 Å². The van der Waals surface area contributed by atoms with Crippen LogP contribution in [-0.2, 0) is 4.79 Å². The lowest BCUT2D eigenvalue weighted by molar-refractivity contribution is -0.385. The Morgan fingerprint density at radius 3 is 2.70 bits per heavy atom. The molecule has 1 aliphatic heterocycles. The highest BCUT2D eigenvalue weighted by atomic mass is 32.1. The van der Waals surface area contributed by atoms with E-state index in [4.69, 9.17) is 0 Å². The molecule has 9 nitrogen and oxygen atoms in total. The Morgan fingerprint density at radius 2 is 1.97 bits per heavy atom. The number of thiazole rings is 1. The Morgan fingerprint density at radius 1 is 1.20 bits per heavy atom. The van der Waals surface area contributed by atoms with Gasteiger partial charge in [0.1, 0.15) is 17.9 Å². The summed E-state index contributed by atoms with van der Waals surface area (Å²) in [6, 6.07) is 9.51. The minimum absolute atomic E-state index is 0.121. The van der Waals surface area contributed by atoms with E-state index in [1.165, 1.54) is 30.3 Å². The van der Waals surface area contributed by atoms with Gasteiger partial charge in [-0.3, -0.25) is 29.4 Å². The zero-order valence-electron chi connectivity index (χ0n) is 15.0. The number of nitrogens with zero attached hydrogens (tertiary/aromatic N) is 3. The third-order valence-electron chi connectivity index (χ3n) is 4.35. The number of nitro benzene ring substituents is 1. The van der Waals surface area contributed by atoms with E-state index < -0.39 is 40.7 Å². The minimum atomic E-state index is -0.906. The number of aromatic nitrogens is 1. The smallest absolute Gasteiger partial charge is 0.282 e. The third-order valence-corrected chi connectivity index (χ3v) is 5.10. The molecule has 0 atom stereocenters. The van der Waals surface area contributed by atoms with E-state index in [-0.39, 0.29) is 16.3 Å². The molecule has 0 aliphatic carbocycles. The first-order valence-electron chi connectivity index (χ1n) is 8.50. The lowest BCUT2D eigenvalue weighted by atomic mass is 10.1. The number of halogens is 1. The van der Waals surface area contributed by atoms with Crippen LogP contribution >= 0.6 is 11.3 Å². The Bertz CT molecular complexity index is 1230. The van der Waals surface area contributed by atoms with Crippen LogP contribution in [0.15, 0.2) is 47.8 Å². The zero-order chi connectivity index (χ0) is 21.4. The minimum Gasteiger partial charge on any atom is -0.300 e. The molecule has 2 aromatic carbocycles. The van der Waals surface area contributed by atoms with Gasteiger partial charge in [0.2, 0.25) is 5.91 Å². The number of hydrogen-bond acceptors (Lipinski definition) is 7. The molecule has 3 aromatic rings. The monoisotopic (exact) mass is 426 g/mol. The molecule has 30 heavy (non-hydrogen) atoms. The van der Waals surface area contributed by atoms with Crippen molar-refractivity contribution < 1.29 is 23.7 Å². The molecule has 4 rings (SSSR count). The van der Waals surface area contributed by atoms with Crippen molar-refractivity contribution in [3.63, 3.8) is 0 Å². The summed E-state index contributed by atoms with van der Waals surface area (Å²) in [5, 5.41) is 15.4. The first kappa shape index (κ1) is 19.3. The SMILES string of the molecule is O=C(CN1C(=O)c2cccc([N+](=O)[O-])c2C1=O)Nc1nc(-c2cccc(F)c2)cs1. The number of anilines is 1. The van der Waals surface area contributed by atoms with Gasteiger partial charge in [0, 0.05) is 17.0 Å². The van der Waals surface area contributed by atoms with Crippen molar-refractivity contribution >= 4 is 39.9 Å². The van der Waals surface area contributed by atoms with Crippen LogP contribution in [0.4, 0.5) is 15.2 Å². The lowest BCUT2D eigenvalue weighted by Gasteiger charge is -2.12. The van der Waals surface area contributed by atoms with E-state index >= 15 is 0 Å². The van der Waals surface area contributed by atoms with Crippen molar-refractivity contribution in [3.05, 3.63) is 74.9 Å². The van der Waals surface area contributed by atoms with Gasteiger partial charge in [0.05, 0.1) is 16.2 Å². The fraction of sp³-hybridized carbons (Fsp3) is 0.0526. The summed E-state index contributed by atoms with van der Waals surface area (Å²) in [4.78, 5) is 52.5. The molecule has 150 valence electrons. The predicted molar refractivity (Wildman–Crippen MR) is 105 cm³/mol. The summed E-state index contributed by atoms with van der Waals surface area (Å²) in [5.41, 5.74) is 0.0338. The van der Waals surface area contributed by atoms with Gasteiger partial charge in [-0.15, -0.1) is 11.3 Å². The van der Waals surface area contributed by atoms with Crippen molar-refractivity contribution in [1.29, 1.82) is 0 Å². The van der Waals surface area contributed by atoms with Gasteiger partial charge in [-0.1, -0.05) is 18.2 Å². The number of fused-ring (bicyclic) bond motifs is 1. The predicted octanol–water partition coefficient (Wildman–Crippen LogP) is 3.09. The molecule has 1 aliphatic rings. The first-order valence-corrected chi connectivity index (χ1v) is 9.38. The second-order valence-corrected chi connectivity index (χ2v) is 7.11. The normalized spacial score (nSPS) is 12.8. The summed E-state index contributed by atoms with van der Waals surface area (Å²) in [6.45, 7) is -0.627. The standard InChI is InChI=1S/C19H11FN4O5S/c20-11-4-1-3-10(7-11)13-9-30-19(21-13)22-15(25)8-23-17(26)12-5-2-6-14(24(28)29)16(12)18(23)27/h1-7,9H,8H2,(H,21,22,25). The maximum Gasteiger partial charge on any atom is 0.282 e. The highest BCUT2D eigenvalue weighted by Crippen LogP contribution is 2.31. The summed E-state index contributed by atoms with van der Waals surface area (Å²) in [5.74, 6) is -2.82. The molecule has 11 heteroatoms. The zero-order valence-corrected chi connectivity index (χ0v) is 15.8. The topological polar surface area (TPSA) is 123 Å². The Balaban J connectivity index is 1.49. The van der Waals surface area contributed by atoms with Crippen molar-refractivity contribution in [2.75, 3.05) is 11.9 Å². The van der Waals surface area contributed by atoms with Gasteiger partial charge in [-0.2, -0.15) is 0 Å². The Kier molecular flexibility index (Phi) is 4.80. The van der Waals surface area contributed by atoms with Gasteiger partial charge >= 0.3 is 0 Å². The maximum absolute atomic E-state index is 13.4. The van der Waals surface area contributed by atoms with Gasteiger partial charge in [0.15, 0.2) is 5.13 Å². The van der Waals surface area contributed by atoms with Gasteiger partial charge < -0.3 is 5.32 Å². The van der Waals surface area contributed by atoms with Crippen molar-refractivity contribution in [2.45, 2.75) is 0 Å². The highest BCUT2D eigenvalue weighted by molar-refractivity contribution is 7.14. The number of rotatable bonds is 5. The van der Waals surface area contributed by atoms with Crippen LogP contribution < -0.4 is 5.32 Å². The van der Waals surface area contributed by atoms with Crippen molar-refractivity contribution in [1.82, 2.24) is 9.88 Å². The molecule has 1 aromatic heterocycles. The largest absolute Gasteiger partial charge is 0.300 e. The number of carbonyl (C=O) groups excluding carboxylic acids is 3. The van der Waals surface area contributed by atoms with E-state index in [1.54, 1.807) is 11.4 Å². The molecule has 1 N–H and O–H groups in total. The average Bonchev–Trinajstić information content (AvgIpc) is 3.27. The quantitative estimate of drug-likeness (QED) is 0.380. The lowest BCUT2D eigenvalue weighted by Crippen LogP contribution is -2.37. The van der Waals surface area contributed by atoms with Crippen LogP contribution in [0, 0.1) is 15.9 Å². The Hall–Kier alpha value is -3.99. The van der Waals surface area contributed by atoms with Crippen molar-refractivity contribution in [2.24, 2.45) is 0 Å². The molecule has 0 saturated heterocycles. The van der Waals surface area contributed by atoms with Crippen LogP contribution in [-0.4, -0.2) is 39.1 Å². The number of amides is 3. The third kappa shape index (κ3) is 3.42. The number of imide groups is 1. The van der Waals surface area contributed by atoms with Crippen LogP contribution in [0.1, 0.15) is 20.7 Å². The van der Waals surface area contributed by atoms with Crippen molar-refractivity contribution in [3.8, 4) is 11.3 Å². The molecular weight excluding hydrogens is 415 g/mol. The van der Waals surface area contributed by atoms with E-state index in [0.717, 1.165) is 17.4 Å². The highest BCUT2D eigenvalue weighted by Gasteiger charge is 2.41. The number of benzene rings is 2. The summed E-state index contributed by atoms with van der Waals surface area (Å²) >= 11 is 1.09. The van der Waals surface area contributed by atoms with Crippen LogP contribution in [0.3, 0.4) is 0 Å². The molecule has 0 unspecified atom stereocenters. The van der Waals surface area contributed by atoms with E-state index in [1.807, 2.05) is 0 Å². The van der Waals surface area contributed by atoms with Crippen LogP contribution in [0.2, 0.25) is 0 Å². The van der Waals surface area contributed by atoms with E-state index in [2.05, 4.69) is 10.3 Å². The summed E-state index contributed by atoms with van der Waals surface area (Å²) < 4.78 is 13.4. The summed E-state index contributed by atoms with van der Waals surface area (Å²) in [7, 11) is 0. The molecule has 0 bridgehead atoms. The number of nitrogens with one attached hydrogen (secondary N) is 1. The van der Waals surface area contributed by atoms with Gasteiger partial charge in [0.25, 0.3) is 17.5 Å². The molecule has 3 amide bonds. The van der Waals surface area contributed by atoms with E-state index in [0.29, 0.717) is 16.2 Å². The molecule has 0 radical (unpaired) electrons. The molecule has 0 fully saturated rings. The second kappa shape index (κ2) is 7.44. The van der Waals surface area contributed by atoms with Crippen LogP contribution in [0.5, 0.6) is 0 Å². The van der Waals surface area contributed by atoms with Gasteiger partial charge in [-0.05, 0) is 18.2 Å². The molecule has 0 spiro atoms. The first-order chi connectivity index (χ1) is 14.3. The Labute approximate surface area is 171 Å².